The summed E-state index contributed by atoms with van der Waals surface area (Å²) in [6.07, 6.45) is 20.1. The number of esters is 1. The molecule has 5 saturated carbocycles. The largest absolute Gasteiger partial charge is 0.466 e. The van der Waals surface area contributed by atoms with Crippen molar-refractivity contribution in [3.8, 4) is 0 Å². The number of nitrogens with two attached hydrogens (primary N) is 1. The zero-order valence-electron chi connectivity index (χ0n) is 28.3. The van der Waals surface area contributed by atoms with E-state index >= 15 is 0 Å². The molecule has 0 aromatic rings. The Labute approximate surface area is 258 Å². The van der Waals surface area contributed by atoms with Crippen LogP contribution in [0.5, 0.6) is 0 Å². The molecule has 0 aromatic carbocycles. The molecule has 6 rings (SSSR count). The van der Waals surface area contributed by atoms with Crippen molar-refractivity contribution in [3.05, 3.63) is 23.8 Å². The third kappa shape index (κ3) is 4.39. The molecule has 236 valence electrons. The molecule has 0 spiro atoms. The number of allylic oxidation sites excluding steroid dienone is 3. The van der Waals surface area contributed by atoms with Crippen LogP contribution in [-0.2, 0) is 9.53 Å². The first kappa shape index (κ1) is 30.9. The molecule has 2 N–H and O–H groups in total. The molecule has 0 saturated heterocycles. The van der Waals surface area contributed by atoms with Gasteiger partial charge >= 0.3 is 5.97 Å². The Morgan fingerprint density at radius 1 is 0.905 bits per heavy atom. The van der Waals surface area contributed by atoms with Crippen LogP contribution in [0.25, 0.3) is 0 Å². The molecule has 6 aliphatic carbocycles. The summed E-state index contributed by atoms with van der Waals surface area (Å²) in [7, 11) is 0. The van der Waals surface area contributed by atoms with Gasteiger partial charge in [-0.3, -0.25) is 4.79 Å². The molecule has 0 bridgehead atoms. The molecule has 0 radical (unpaired) electrons. The Hall–Kier alpha value is -1.09. The molecule has 3 nitrogen and oxygen atoms in total. The molecule has 0 heterocycles. The van der Waals surface area contributed by atoms with Crippen LogP contribution < -0.4 is 5.73 Å². The number of rotatable bonds is 5. The summed E-state index contributed by atoms with van der Waals surface area (Å²) in [5.74, 6) is 4.43. The van der Waals surface area contributed by atoms with Crippen LogP contribution in [-0.4, -0.2) is 18.1 Å². The molecule has 42 heavy (non-hydrogen) atoms. The standard InChI is InChI=1S/C39H63NO2/c1-9-42-34(41)27-12-10-26(11-13-27)24-28-16-19-36(6)31(35(28,4)5)18-20-38(8)32(36)15-14-30-33-29(25(2)3)17-21-39(33,40)23-22-37(30,38)7/h16,26-27,29-33H,2,9-15,17-24,40H2,1,3-8H3. The summed E-state index contributed by atoms with van der Waals surface area (Å²) in [4.78, 5) is 12.3. The highest BCUT2D eigenvalue weighted by molar-refractivity contribution is 5.72. The lowest BCUT2D eigenvalue weighted by atomic mass is 9.33. The first-order chi connectivity index (χ1) is 19.7. The number of carbonyl (C=O) groups excluding carboxylic acids is 1. The van der Waals surface area contributed by atoms with Crippen LogP contribution in [0.1, 0.15) is 138 Å². The van der Waals surface area contributed by atoms with E-state index in [2.05, 4.69) is 54.2 Å². The summed E-state index contributed by atoms with van der Waals surface area (Å²) in [6.45, 7) is 22.6. The third-order valence-corrected chi connectivity index (χ3v) is 15.9. The predicted octanol–water partition coefficient (Wildman–Crippen LogP) is 9.65. The number of hydrogen-bond donors (Lipinski definition) is 1. The van der Waals surface area contributed by atoms with Crippen molar-refractivity contribution >= 4 is 5.97 Å². The van der Waals surface area contributed by atoms with E-state index in [1.165, 1.54) is 82.6 Å². The highest BCUT2D eigenvalue weighted by atomic mass is 16.5. The van der Waals surface area contributed by atoms with E-state index in [1.54, 1.807) is 5.57 Å². The molecular weight excluding hydrogens is 514 g/mol. The molecule has 6 aliphatic rings. The molecular formula is C39H63NO2. The van der Waals surface area contributed by atoms with Gasteiger partial charge < -0.3 is 10.5 Å². The molecule has 5 fully saturated rings. The van der Waals surface area contributed by atoms with Crippen molar-refractivity contribution in [2.24, 2.45) is 68.8 Å². The fourth-order valence-electron chi connectivity index (χ4n) is 13.4. The maximum Gasteiger partial charge on any atom is 0.308 e. The van der Waals surface area contributed by atoms with Crippen molar-refractivity contribution in [1.82, 2.24) is 0 Å². The van der Waals surface area contributed by atoms with Crippen molar-refractivity contribution in [3.63, 3.8) is 0 Å². The minimum absolute atomic E-state index is 0.0378. The first-order valence-corrected chi connectivity index (χ1v) is 18.0. The smallest absolute Gasteiger partial charge is 0.308 e. The number of fused-ring (bicyclic) bond motifs is 7. The highest BCUT2D eigenvalue weighted by Gasteiger charge is 2.70. The highest BCUT2D eigenvalue weighted by Crippen LogP contribution is 2.76. The number of ether oxygens (including phenoxy) is 1. The Kier molecular flexibility index (Phi) is 7.72. The Bertz CT molecular complexity index is 1110. The summed E-state index contributed by atoms with van der Waals surface area (Å²) < 4.78 is 5.34. The first-order valence-electron chi connectivity index (χ1n) is 18.0. The van der Waals surface area contributed by atoms with Crippen molar-refractivity contribution in [2.75, 3.05) is 6.61 Å². The number of carbonyl (C=O) groups is 1. The van der Waals surface area contributed by atoms with Crippen LogP contribution >= 0.6 is 0 Å². The molecule has 0 aromatic heterocycles. The summed E-state index contributed by atoms with van der Waals surface area (Å²) in [6, 6.07) is 0. The van der Waals surface area contributed by atoms with Gasteiger partial charge in [0.25, 0.3) is 0 Å². The monoisotopic (exact) mass is 577 g/mol. The second-order valence-corrected chi connectivity index (χ2v) is 17.7. The molecule has 9 unspecified atom stereocenters. The molecule has 3 heteroatoms. The van der Waals surface area contributed by atoms with E-state index in [9.17, 15) is 4.79 Å². The minimum Gasteiger partial charge on any atom is -0.466 e. The van der Waals surface area contributed by atoms with E-state index in [-0.39, 0.29) is 22.8 Å². The summed E-state index contributed by atoms with van der Waals surface area (Å²) in [5, 5.41) is 0. The molecule has 9 atom stereocenters. The van der Waals surface area contributed by atoms with Crippen molar-refractivity contribution in [2.45, 2.75) is 144 Å². The van der Waals surface area contributed by atoms with Crippen LogP contribution in [0.3, 0.4) is 0 Å². The minimum atomic E-state index is 0.0378. The van der Waals surface area contributed by atoms with Gasteiger partial charge in [0.1, 0.15) is 0 Å². The summed E-state index contributed by atoms with van der Waals surface area (Å²) in [5.41, 5.74) is 11.8. The normalized spacial score (nSPS) is 49.5. The van der Waals surface area contributed by atoms with Gasteiger partial charge in [-0.25, -0.2) is 0 Å². The van der Waals surface area contributed by atoms with Crippen LogP contribution in [0.4, 0.5) is 0 Å². The van der Waals surface area contributed by atoms with Crippen molar-refractivity contribution < 1.29 is 9.53 Å². The second-order valence-electron chi connectivity index (χ2n) is 17.7. The Morgan fingerprint density at radius 2 is 1.62 bits per heavy atom. The second kappa shape index (κ2) is 10.5. The van der Waals surface area contributed by atoms with E-state index in [0.29, 0.717) is 34.7 Å². The lowest BCUT2D eigenvalue weighted by Gasteiger charge is -2.72. The van der Waals surface area contributed by atoms with Gasteiger partial charge in [0.2, 0.25) is 0 Å². The van der Waals surface area contributed by atoms with Gasteiger partial charge in [-0.05, 0) is 161 Å². The van der Waals surface area contributed by atoms with E-state index in [4.69, 9.17) is 10.5 Å². The molecule has 0 aliphatic heterocycles. The van der Waals surface area contributed by atoms with Crippen LogP contribution in [0.15, 0.2) is 23.8 Å². The molecule has 0 amide bonds. The predicted molar refractivity (Wildman–Crippen MR) is 174 cm³/mol. The van der Waals surface area contributed by atoms with Gasteiger partial charge in [-0.15, -0.1) is 0 Å². The zero-order chi connectivity index (χ0) is 30.3. The fraction of sp³-hybridized carbons (Fsp3) is 0.872. The summed E-state index contributed by atoms with van der Waals surface area (Å²) >= 11 is 0. The van der Waals surface area contributed by atoms with Gasteiger partial charge in [0, 0.05) is 5.54 Å². The van der Waals surface area contributed by atoms with E-state index in [1.807, 2.05) is 6.92 Å². The van der Waals surface area contributed by atoms with Gasteiger partial charge in [-0.2, -0.15) is 0 Å². The fourth-order valence-corrected chi connectivity index (χ4v) is 13.4. The van der Waals surface area contributed by atoms with Crippen LogP contribution in [0.2, 0.25) is 0 Å². The lowest BCUT2D eigenvalue weighted by Crippen LogP contribution is -2.67. The van der Waals surface area contributed by atoms with Gasteiger partial charge in [0.15, 0.2) is 0 Å². The van der Waals surface area contributed by atoms with E-state index < -0.39 is 0 Å². The SMILES string of the molecule is C=C(C)C1CCC2(N)CCC3(C)C(CCC4C5(C)CC=C(CC6CCC(C(=O)OCC)CC6)C(C)(C)C5CCC43C)C12. The lowest BCUT2D eigenvalue weighted by molar-refractivity contribution is -0.219. The van der Waals surface area contributed by atoms with Gasteiger partial charge in [0.05, 0.1) is 12.5 Å². The van der Waals surface area contributed by atoms with Crippen LogP contribution in [0, 0.1) is 63.1 Å². The maximum absolute atomic E-state index is 12.3. The van der Waals surface area contributed by atoms with Gasteiger partial charge in [-0.1, -0.05) is 58.4 Å². The topological polar surface area (TPSA) is 52.3 Å². The zero-order valence-corrected chi connectivity index (χ0v) is 28.3. The third-order valence-electron chi connectivity index (χ3n) is 15.9. The Balaban J connectivity index is 1.22. The van der Waals surface area contributed by atoms with E-state index in [0.717, 1.165) is 36.5 Å². The van der Waals surface area contributed by atoms with Crippen molar-refractivity contribution in [1.29, 1.82) is 0 Å². The number of hydrogen-bond acceptors (Lipinski definition) is 3. The average molecular weight is 578 g/mol. The quantitative estimate of drug-likeness (QED) is 0.261. The maximum atomic E-state index is 12.3. The Morgan fingerprint density at radius 3 is 2.29 bits per heavy atom. The average Bonchev–Trinajstić information content (AvgIpc) is 3.29.